The quantitative estimate of drug-likeness (QED) is 0.838. The summed E-state index contributed by atoms with van der Waals surface area (Å²) >= 11 is 0. The van der Waals surface area contributed by atoms with Crippen LogP contribution in [0.4, 0.5) is 4.39 Å². The summed E-state index contributed by atoms with van der Waals surface area (Å²) in [7, 11) is 0. The third kappa shape index (κ3) is 2.02. The molecule has 2 nitrogen and oxygen atoms in total. The minimum Gasteiger partial charge on any atom is -0.459 e. The van der Waals surface area contributed by atoms with E-state index in [4.69, 9.17) is 10.2 Å². The average molecular weight is 207 g/mol. The molecule has 0 aliphatic heterocycles. The van der Waals surface area contributed by atoms with Crippen LogP contribution in [-0.4, -0.2) is 0 Å². The fraction of sp³-hybridized carbons (Fsp3) is 0.333. The van der Waals surface area contributed by atoms with E-state index >= 15 is 0 Å². The molecule has 1 aromatic heterocycles. The molecule has 2 aromatic rings. The van der Waals surface area contributed by atoms with Crippen molar-refractivity contribution in [2.75, 3.05) is 0 Å². The normalized spacial score (nSPS) is 13.3. The molecule has 0 bridgehead atoms. The van der Waals surface area contributed by atoms with Gasteiger partial charge in [-0.1, -0.05) is 13.3 Å². The van der Waals surface area contributed by atoms with Crippen LogP contribution in [0.3, 0.4) is 0 Å². The van der Waals surface area contributed by atoms with Crippen LogP contribution in [-0.2, 0) is 0 Å². The van der Waals surface area contributed by atoms with E-state index in [1.165, 1.54) is 12.1 Å². The molecule has 1 aromatic carbocycles. The average Bonchev–Trinajstić information content (AvgIpc) is 2.60. The minimum atomic E-state index is -0.251. The van der Waals surface area contributed by atoms with Gasteiger partial charge in [-0.05, 0) is 30.7 Å². The van der Waals surface area contributed by atoms with Crippen LogP contribution in [0.1, 0.15) is 31.6 Å². The summed E-state index contributed by atoms with van der Waals surface area (Å²) in [5, 5.41) is 0.775. The van der Waals surface area contributed by atoms with Gasteiger partial charge in [0.15, 0.2) is 0 Å². The summed E-state index contributed by atoms with van der Waals surface area (Å²) in [4.78, 5) is 0. The van der Waals surface area contributed by atoms with Crippen LogP contribution >= 0.6 is 0 Å². The van der Waals surface area contributed by atoms with Gasteiger partial charge in [-0.2, -0.15) is 0 Å². The Balaban J connectivity index is 2.38. The molecule has 3 heteroatoms. The number of furan rings is 1. The Morgan fingerprint density at radius 1 is 1.40 bits per heavy atom. The zero-order valence-electron chi connectivity index (χ0n) is 8.66. The molecule has 80 valence electrons. The smallest absolute Gasteiger partial charge is 0.134 e. The number of hydrogen-bond acceptors (Lipinski definition) is 2. The first-order valence-corrected chi connectivity index (χ1v) is 5.15. The number of rotatable bonds is 3. The summed E-state index contributed by atoms with van der Waals surface area (Å²) in [6.45, 7) is 2.07. The van der Waals surface area contributed by atoms with Gasteiger partial charge in [-0.15, -0.1) is 0 Å². The predicted octanol–water partition coefficient (Wildman–Crippen LogP) is 3.37. The Morgan fingerprint density at radius 3 is 2.93 bits per heavy atom. The molecule has 1 heterocycles. The van der Waals surface area contributed by atoms with E-state index in [1.54, 1.807) is 6.07 Å². The highest BCUT2D eigenvalue weighted by atomic mass is 19.1. The van der Waals surface area contributed by atoms with Gasteiger partial charge in [0.25, 0.3) is 0 Å². The van der Waals surface area contributed by atoms with Gasteiger partial charge in [0.05, 0.1) is 6.04 Å². The second kappa shape index (κ2) is 4.03. The lowest BCUT2D eigenvalue weighted by Crippen LogP contribution is -2.08. The highest BCUT2D eigenvalue weighted by Crippen LogP contribution is 2.25. The van der Waals surface area contributed by atoms with Crippen molar-refractivity contribution in [3.05, 3.63) is 35.8 Å². The van der Waals surface area contributed by atoms with Crippen molar-refractivity contribution in [2.45, 2.75) is 25.8 Å². The molecule has 0 amide bonds. The summed E-state index contributed by atoms with van der Waals surface area (Å²) in [5.41, 5.74) is 6.61. The zero-order valence-corrected chi connectivity index (χ0v) is 8.66. The van der Waals surface area contributed by atoms with Crippen molar-refractivity contribution >= 4 is 11.0 Å². The molecule has 15 heavy (non-hydrogen) atoms. The Labute approximate surface area is 87.9 Å². The van der Waals surface area contributed by atoms with Crippen LogP contribution in [0.5, 0.6) is 0 Å². The maximum atomic E-state index is 12.9. The van der Waals surface area contributed by atoms with E-state index in [0.717, 1.165) is 24.0 Å². The lowest BCUT2D eigenvalue weighted by molar-refractivity contribution is 0.475. The molecular weight excluding hydrogens is 193 g/mol. The highest BCUT2D eigenvalue weighted by Gasteiger charge is 2.11. The van der Waals surface area contributed by atoms with E-state index in [0.29, 0.717) is 5.58 Å². The second-order valence-corrected chi connectivity index (χ2v) is 3.73. The van der Waals surface area contributed by atoms with E-state index in [9.17, 15) is 4.39 Å². The molecule has 1 atom stereocenters. The maximum absolute atomic E-state index is 12.9. The first-order valence-electron chi connectivity index (χ1n) is 5.15. The van der Waals surface area contributed by atoms with Crippen LogP contribution in [0.25, 0.3) is 11.0 Å². The van der Waals surface area contributed by atoms with Crippen molar-refractivity contribution in [3.63, 3.8) is 0 Å². The topological polar surface area (TPSA) is 39.2 Å². The molecule has 0 fully saturated rings. The van der Waals surface area contributed by atoms with Crippen LogP contribution in [0.15, 0.2) is 28.7 Å². The Morgan fingerprint density at radius 2 is 2.20 bits per heavy atom. The highest BCUT2D eigenvalue weighted by molar-refractivity contribution is 5.77. The van der Waals surface area contributed by atoms with Crippen molar-refractivity contribution in [2.24, 2.45) is 5.73 Å². The van der Waals surface area contributed by atoms with E-state index in [2.05, 4.69) is 6.92 Å². The van der Waals surface area contributed by atoms with E-state index in [-0.39, 0.29) is 11.9 Å². The number of benzene rings is 1. The Hall–Kier alpha value is -1.35. The van der Waals surface area contributed by atoms with Crippen molar-refractivity contribution in [1.29, 1.82) is 0 Å². The molecule has 0 aliphatic rings. The first-order chi connectivity index (χ1) is 7.20. The number of nitrogens with two attached hydrogens (primary N) is 1. The first kappa shape index (κ1) is 10.2. The van der Waals surface area contributed by atoms with Crippen LogP contribution in [0.2, 0.25) is 0 Å². The fourth-order valence-electron chi connectivity index (χ4n) is 1.67. The summed E-state index contributed by atoms with van der Waals surface area (Å²) in [5.74, 6) is 0.483. The molecular formula is C12H14FNO. The van der Waals surface area contributed by atoms with Gasteiger partial charge in [0, 0.05) is 5.39 Å². The van der Waals surface area contributed by atoms with E-state index < -0.39 is 0 Å². The lowest BCUT2D eigenvalue weighted by Gasteiger charge is -2.04. The fourth-order valence-corrected chi connectivity index (χ4v) is 1.67. The zero-order chi connectivity index (χ0) is 10.8. The van der Waals surface area contributed by atoms with Crippen molar-refractivity contribution in [1.82, 2.24) is 0 Å². The monoisotopic (exact) mass is 207 g/mol. The van der Waals surface area contributed by atoms with Gasteiger partial charge in [-0.3, -0.25) is 0 Å². The van der Waals surface area contributed by atoms with Gasteiger partial charge in [-0.25, -0.2) is 4.39 Å². The predicted molar refractivity (Wildman–Crippen MR) is 58.0 cm³/mol. The van der Waals surface area contributed by atoms with Gasteiger partial charge in [0.2, 0.25) is 0 Å². The molecule has 2 N–H and O–H groups in total. The molecule has 0 radical (unpaired) electrons. The van der Waals surface area contributed by atoms with Gasteiger partial charge >= 0.3 is 0 Å². The number of fused-ring (bicyclic) bond motifs is 1. The molecule has 2 rings (SSSR count). The SMILES string of the molecule is CCC[C@H](N)c1cc2cc(F)ccc2o1. The minimum absolute atomic E-state index is 0.0922. The standard InChI is InChI=1S/C12H14FNO/c1-2-3-10(14)12-7-8-6-9(13)4-5-11(8)15-12/h4-7,10H,2-3,14H2,1H3/t10-/m0/s1. The largest absolute Gasteiger partial charge is 0.459 e. The molecule has 0 saturated heterocycles. The van der Waals surface area contributed by atoms with Crippen LogP contribution in [0, 0.1) is 5.82 Å². The Kier molecular flexibility index (Phi) is 2.73. The third-order valence-electron chi connectivity index (χ3n) is 2.46. The van der Waals surface area contributed by atoms with Crippen LogP contribution < -0.4 is 5.73 Å². The molecule has 0 unspecified atom stereocenters. The molecule has 0 aliphatic carbocycles. The van der Waals surface area contributed by atoms with Gasteiger partial charge in [0.1, 0.15) is 17.2 Å². The van der Waals surface area contributed by atoms with Gasteiger partial charge < -0.3 is 10.2 Å². The number of halogens is 1. The Bertz CT molecular complexity index is 464. The van der Waals surface area contributed by atoms with Crippen molar-refractivity contribution < 1.29 is 8.81 Å². The number of hydrogen-bond donors (Lipinski definition) is 1. The summed E-state index contributed by atoms with van der Waals surface area (Å²) in [6.07, 6.45) is 1.88. The lowest BCUT2D eigenvalue weighted by atomic mass is 10.1. The summed E-state index contributed by atoms with van der Waals surface area (Å²) < 4.78 is 18.5. The second-order valence-electron chi connectivity index (χ2n) is 3.73. The maximum Gasteiger partial charge on any atom is 0.134 e. The molecule has 0 saturated carbocycles. The molecule has 0 spiro atoms. The van der Waals surface area contributed by atoms with Crippen molar-refractivity contribution in [3.8, 4) is 0 Å². The summed E-state index contributed by atoms with van der Waals surface area (Å²) in [6, 6.07) is 6.21. The van der Waals surface area contributed by atoms with E-state index in [1.807, 2.05) is 6.07 Å². The third-order valence-corrected chi connectivity index (χ3v) is 2.46.